The maximum Gasteiger partial charge on any atom is 0.245 e. The van der Waals surface area contributed by atoms with Crippen molar-refractivity contribution in [1.29, 1.82) is 0 Å². The zero-order valence-corrected chi connectivity index (χ0v) is 17.2. The van der Waals surface area contributed by atoms with E-state index < -0.39 is 0 Å². The first kappa shape index (κ1) is 21.4. The van der Waals surface area contributed by atoms with Crippen molar-refractivity contribution in [3.05, 3.63) is 48.2 Å². The van der Waals surface area contributed by atoms with Gasteiger partial charge in [-0.15, -0.1) is 11.8 Å². The molecule has 0 spiro atoms. The highest BCUT2D eigenvalue weighted by molar-refractivity contribution is 8.00. The minimum Gasteiger partial charge on any atom is -0.335 e. The Labute approximate surface area is 168 Å². The minimum absolute atomic E-state index is 0.0547. The summed E-state index contributed by atoms with van der Waals surface area (Å²) in [6.07, 6.45) is 1.62. The van der Waals surface area contributed by atoms with Crippen LogP contribution in [0, 0.1) is 6.92 Å². The lowest BCUT2D eigenvalue weighted by Gasteiger charge is -2.20. The summed E-state index contributed by atoms with van der Waals surface area (Å²) >= 11 is 1.39. The van der Waals surface area contributed by atoms with E-state index in [1.54, 1.807) is 38.4 Å². The van der Waals surface area contributed by atoms with Gasteiger partial charge in [0, 0.05) is 30.8 Å². The Kier molecular flexibility index (Phi) is 7.57. The quantitative estimate of drug-likeness (QED) is 0.698. The smallest absolute Gasteiger partial charge is 0.245 e. The number of likely N-dealkylation sites (N-methyl/N-ethyl adjacent to an activating group) is 1. The molecule has 0 aliphatic rings. The van der Waals surface area contributed by atoms with Crippen molar-refractivity contribution in [3.63, 3.8) is 0 Å². The Bertz CT molecular complexity index is 855. The minimum atomic E-state index is -0.360. The summed E-state index contributed by atoms with van der Waals surface area (Å²) < 4.78 is 0. The Balaban J connectivity index is 1.87. The number of pyridine rings is 1. The predicted octanol–water partition coefficient (Wildman–Crippen LogP) is 2.93. The normalized spacial score (nSPS) is 11.4. The van der Waals surface area contributed by atoms with Gasteiger partial charge in [-0.05, 0) is 55.8 Å². The highest BCUT2D eigenvalue weighted by atomic mass is 32.2. The molecule has 2 rings (SSSR count). The number of hydrogen-bond donors (Lipinski definition) is 2. The monoisotopic (exact) mass is 400 g/mol. The van der Waals surface area contributed by atoms with Crippen LogP contribution in [0.1, 0.15) is 19.4 Å². The number of benzene rings is 1. The maximum atomic E-state index is 12.6. The fourth-order valence-corrected chi connectivity index (χ4v) is 3.45. The first-order valence-corrected chi connectivity index (χ1v) is 9.64. The molecule has 1 aromatic carbocycles. The van der Waals surface area contributed by atoms with E-state index in [-0.39, 0.29) is 29.5 Å². The molecule has 28 heavy (non-hydrogen) atoms. The van der Waals surface area contributed by atoms with Gasteiger partial charge in [0.25, 0.3) is 0 Å². The first-order chi connectivity index (χ1) is 13.2. The number of carbonyl (C=O) groups excluding carboxylic acids is 3. The molecule has 2 N–H and O–H groups in total. The van der Waals surface area contributed by atoms with Gasteiger partial charge >= 0.3 is 0 Å². The summed E-state index contributed by atoms with van der Waals surface area (Å²) in [6.45, 7) is 5.10. The molecular formula is C20H24N4O3S. The van der Waals surface area contributed by atoms with Crippen LogP contribution in [0.3, 0.4) is 0 Å². The van der Waals surface area contributed by atoms with E-state index in [9.17, 15) is 14.4 Å². The molecule has 148 valence electrons. The van der Waals surface area contributed by atoms with Crippen molar-refractivity contribution >= 4 is 41.0 Å². The molecule has 2 aromatic rings. The fourth-order valence-electron chi connectivity index (χ4n) is 2.47. The lowest BCUT2D eigenvalue weighted by atomic mass is 10.3. The van der Waals surface area contributed by atoms with E-state index in [2.05, 4.69) is 15.6 Å². The highest BCUT2D eigenvalue weighted by Crippen LogP contribution is 2.25. The maximum absolute atomic E-state index is 12.6. The second-order valence-electron chi connectivity index (χ2n) is 6.43. The number of rotatable bonds is 7. The van der Waals surface area contributed by atoms with Crippen LogP contribution in [0.15, 0.2) is 47.5 Å². The van der Waals surface area contributed by atoms with Crippen LogP contribution < -0.4 is 10.6 Å². The van der Waals surface area contributed by atoms with Crippen molar-refractivity contribution in [2.75, 3.05) is 24.2 Å². The summed E-state index contributed by atoms with van der Waals surface area (Å²) in [5, 5.41) is 5.03. The summed E-state index contributed by atoms with van der Waals surface area (Å²) in [6, 6.07) is 10.9. The number of thioether (sulfide) groups is 1. The number of anilines is 2. The fraction of sp³-hybridized carbons (Fsp3) is 0.300. The standard InChI is InChI=1S/C20H24N4O3S/c1-13-9-10-21-18(11-13)23-19(26)12-24(4)20(27)14(2)28-17-7-5-16(6-8-17)22-15(3)25/h5-11,14H,12H2,1-4H3,(H,22,25)(H,21,23,26). The first-order valence-electron chi connectivity index (χ1n) is 8.76. The molecule has 0 saturated carbocycles. The van der Waals surface area contributed by atoms with Crippen LogP contribution in [0.4, 0.5) is 11.5 Å². The van der Waals surface area contributed by atoms with Gasteiger partial charge < -0.3 is 15.5 Å². The number of amides is 3. The third-order valence-corrected chi connectivity index (χ3v) is 4.87. The zero-order chi connectivity index (χ0) is 20.7. The van der Waals surface area contributed by atoms with E-state index in [0.717, 1.165) is 10.5 Å². The number of aromatic nitrogens is 1. The number of hydrogen-bond acceptors (Lipinski definition) is 5. The Morgan fingerprint density at radius 1 is 1.14 bits per heavy atom. The van der Waals surface area contributed by atoms with Crippen LogP contribution in [-0.4, -0.2) is 46.4 Å². The molecular weight excluding hydrogens is 376 g/mol. The van der Waals surface area contributed by atoms with Gasteiger partial charge in [-0.2, -0.15) is 0 Å². The molecule has 8 heteroatoms. The summed E-state index contributed by atoms with van der Waals surface area (Å²) in [5.74, 6) is -0.119. The van der Waals surface area contributed by atoms with E-state index in [1.165, 1.54) is 23.6 Å². The van der Waals surface area contributed by atoms with Crippen LogP contribution in [-0.2, 0) is 14.4 Å². The number of nitrogens with zero attached hydrogens (tertiary/aromatic N) is 2. The van der Waals surface area contributed by atoms with Crippen molar-refractivity contribution in [2.45, 2.75) is 30.9 Å². The number of carbonyl (C=O) groups is 3. The third kappa shape index (κ3) is 6.70. The molecule has 1 unspecified atom stereocenters. The molecule has 1 heterocycles. The van der Waals surface area contributed by atoms with E-state index >= 15 is 0 Å². The van der Waals surface area contributed by atoms with Crippen LogP contribution in [0.5, 0.6) is 0 Å². The lowest BCUT2D eigenvalue weighted by molar-refractivity contribution is -0.132. The van der Waals surface area contributed by atoms with Gasteiger partial charge in [0.1, 0.15) is 5.82 Å². The molecule has 0 aliphatic carbocycles. The Morgan fingerprint density at radius 3 is 2.43 bits per heavy atom. The zero-order valence-electron chi connectivity index (χ0n) is 16.4. The largest absolute Gasteiger partial charge is 0.335 e. The number of nitrogens with one attached hydrogen (secondary N) is 2. The average Bonchev–Trinajstić information content (AvgIpc) is 2.62. The molecule has 7 nitrogen and oxygen atoms in total. The van der Waals surface area contributed by atoms with Gasteiger partial charge in [-0.1, -0.05) is 0 Å². The summed E-state index contributed by atoms with van der Waals surface area (Å²) in [7, 11) is 1.60. The molecule has 0 fully saturated rings. The van der Waals surface area contributed by atoms with Crippen molar-refractivity contribution in [1.82, 2.24) is 9.88 Å². The van der Waals surface area contributed by atoms with Crippen molar-refractivity contribution in [3.8, 4) is 0 Å². The van der Waals surface area contributed by atoms with E-state index in [4.69, 9.17) is 0 Å². The van der Waals surface area contributed by atoms with E-state index in [1.807, 2.05) is 25.1 Å². The van der Waals surface area contributed by atoms with Crippen LogP contribution in [0.25, 0.3) is 0 Å². The second-order valence-corrected chi connectivity index (χ2v) is 7.84. The van der Waals surface area contributed by atoms with Gasteiger partial charge in [-0.3, -0.25) is 14.4 Å². The van der Waals surface area contributed by atoms with Crippen LogP contribution >= 0.6 is 11.8 Å². The Hall–Kier alpha value is -2.87. The topological polar surface area (TPSA) is 91.4 Å². The van der Waals surface area contributed by atoms with Gasteiger partial charge in [0.05, 0.1) is 11.8 Å². The summed E-state index contributed by atoms with van der Waals surface area (Å²) in [5.41, 5.74) is 1.69. The average molecular weight is 401 g/mol. The van der Waals surface area contributed by atoms with Crippen molar-refractivity contribution in [2.24, 2.45) is 0 Å². The molecule has 0 radical (unpaired) electrons. The van der Waals surface area contributed by atoms with Gasteiger partial charge in [0.2, 0.25) is 17.7 Å². The Morgan fingerprint density at radius 2 is 1.82 bits per heavy atom. The molecule has 0 bridgehead atoms. The molecule has 0 saturated heterocycles. The molecule has 3 amide bonds. The van der Waals surface area contributed by atoms with Gasteiger partial charge in [0.15, 0.2) is 0 Å². The highest BCUT2D eigenvalue weighted by Gasteiger charge is 2.20. The van der Waals surface area contributed by atoms with E-state index in [0.29, 0.717) is 11.5 Å². The predicted molar refractivity (Wildman–Crippen MR) is 111 cm³/mol. The molecule has 1 atom stereocenters. The van der Waals surface area contributed by atoms with Crippen LogP contribution in [0.2, 0.25) is 0 Å². The van der Waals surface area contributed by atoms with Crippen molar-refractivity contribution < 1.29 is 14.4 Å². The summed E-state index contributed by atoms with van der Waals surface area (Å²) in [4.78, 5) is 42.1. The number of aryl methyl sites for hydroxylation is 1. The molecule has 0 aliphatic heterocycles. The second kappa shape index (κ2) is 9.89. The lowest BCUT2D eigenvalue weighted by Crippen LogP contribution is -2.39. The molecule has 1 aromatic heterocycles. The van der Waals surface area contributed by atoms with Gasteiger partial charge in [-0.25, -0.2) is 4.98 Å². The SMILES string of the molecule is CC(=O)Nc1ccc(SC(C)C(=O)N(C)CC(=O)Nc2cc(C)ccn2)cc1. The third-order valence-electron chi connectivity index (χ3n) is 3.78.